The fourth-order valence-electron chi connectivity index (χ4n) is 2.21. The van der Waals surface area contributed by atoms with Gasteiger partial charge >= 0.3 is 12.1 Å². The van der Waals surface area contributed by atoms with Gasteiger partial charge < -0.3 is 14.4 Å². The largest absolute Gasteiger partial charge is 0.466 e. The second-order valence-corrected chi connectivity index (χ2v) is 5.81. The highest BCUT2D eigenvalue weighted by Gasteiger charge is 2.32. The highest BCUT2D eigenvalue weighted by atomic mass is 16.6. The van der Waals surface area contributed by atoms with Crippen LogP contribution in [0.15, 0.2) is 0 Å². The highest BCUT2D eigenvalue weighted by Crippen LogP contribution is 2.24. The summed E-state index contributed by atoms with van der Waals surface area (Å²) in [5.41, 5.74) is -0.481. The Kier molecular flexibility index (Phi) is 5.63. The van der Waals surface area contributed by atoms with E-state index >= 15 is 0 Å². The molecule has 0 aromatic heterocycles. The van der Waals surface area contributed by atoms with E-state index in [1.807, 2.05) is 20.8 Å². The number of nitrogens with zero attached hydrogens (tertiary/aromatic N) is 1. The first-order valence-electron chi connectivity index (χ1n) is 6.98. The van der Waals surface area contributed by atoms with Crippen molar-refractivity contribution in [2.24, 2.45) is 0 Å². The topological polar surface area (TPSA) is 55.8 Å². The Labute approximate surface area is 115 Å². The van der Waals surface area contributed by atoms with Crippen LogP contribution >= 0.6 is 0 Å². The number of hydrogen-bond donors (Lipinski definition) is 0. The average Bonchev–Trinajstić information content (AvgIpc) is 2.72. The zero-order valence-electron chi connectivity index (χ0n) is 12.4. The Bertz CT molecular complexity index is 322. The summed E-state index contributed by atoms with van der Waals surface area (Å²) in [5, 5.41) is 0. The number of rotatable bonds is 4. The molecule has 5 nitrogen and oxygen atoms in total. The van der Waals surface area contributed by atoms with Gasteiger partial charge in [0.15, 0.2) is 0 Å². The van der Waals surface area contributed by atoms with Gasteiger partial charge in [-0.05, 0) is 47.0 Å². The summed E-state index contributed by atoms with van der Waals surface area (Å²) < 4.78 is 10.3. The third kappa shape index (κ3) is 5.49. The van der Waals surface area contributed by atoms with E-state index in [0.29, 0.717) is 26.0 Å². The van der Waals surface area contributed by atoms with Crippen LogP contribution in [0.3, 0.4) is 0 Å². The second-order valence-electron chi connectivity index (χ2n) is 5.81. The number of esters is 1. The molecule has 1 fully saturated rings. The van der Waals surface area contributed by atoms with E-state index in [9.17, 15) is 9.59 Å². The third-order valence-electron chi connectivity index (χ3n) is 2.99. The molecule has 1 aliphatic heterocycles. The maximum atomic E-state index is 12.0. The first kappa shape index (κ1) is 15.8. The maximum absolute atomic E-state index is 12.0. The summed E-state index contributed by atoms with van der Waals surface area (Å²) >= 11 is 0. The molecule has 110 valence electrons. The standard InChI is InChI=1S/C14H25NO4/c1-5-18-12(16)9-8-11-7-6-10-15(11)13(17)19-14(2,3)4/h11H,5-10H2,1-4H3. The summed E-state index contributed by atoms with van der Waals surface area (Å²) in [7, 11) is 0. The Morgan fingerprint density at radius 2 is 2.00 bits per heavy atom. The van der Waals surface area contributed by atoms with Gasteiger partial charge in [-0.15, -0.1) is 0 Å². The first-order chi connectivity index (χ1) is 8.83. The van der Waals surface area contributed by atoms with Gasteiger partial charge in [-0.3, -0.25) is 4.79 Å². The molecule has 1 aliphatic rings. The molecule has 0 bridgehead atoms. The fraction of sp³-hybridized carbons (Fsp3) is 0.857. The summed E-state index contributed by atoms with van der Waals surface area (Å²) in [6.07, 6.45) is 2.63. The minimum atomic E-state index is -0.481. The van der Waals surface area contributed by atoms with Crippen LogP contribution in [0.5, 0.6) is 0 Å². The molecule has 1 saturated heterocycles. The number of likely N-dealkylation sites (tertiary alicyclic amines) is 1. The number of carbonyl (C=O) groups is 2. The number of carbonyl (C=O) groups excluding carboxylic acids is 2. The SMILES string of the molecule is CCOC(=O)CCC1CCCN1C(=O)OC(C)(C)C. The van der Waals surface area contributed by atoms with Crippen molar-refractivity contribution >= 4 is 12.1 Å². The van der Waals surface area contributed by atoms with E-state index < -0.39 is 5.60 Å². The van der Waals surface area contributed by atoms with Crippen LogP contribution in [0.1, 0.15) is 53.4 Å². The lowest BCUT2D eigenvalue weighted by Crippen LogP contribution is -2.40. The van der Waals surface area contributed by atoms with E-state index in [-0.39, 0.29) is 18.1 Å². The zero-order valence-corrected chi connectivity index (χ0v) is 12.4. The molecule has 1 heterocycles. The lowest BCUT2D eigenvalue weighted by molar-refractivity contribution is -0.143. The Balaban J connectivity index is 2.45. The minimum absolute atomic E-state index is 0.0965. The minimum Gasteiger partial charge on any atom is -0.466 e. The van der Waals surface area contributed by atoms with Gasteiger partial charge in [-0.2, -0.15) is 0 Å². The van der Waals surface area contributed by atoms with Gasteiger partial charge in [0.2, 0.25) is 0 Å². The first-order valence-corrected chi connectivity index (χ1v) is 6.98. The van der Waals surface area contributed by atoms with Gasteiger partial charge in [0.25, 0.3) is 0 Å². The maximum Gasteiger partial charge on any atom is 0.410 e. The lowest BCUT2D eigenvalue weighted by Gasteiger charge is -2.28. The predicted octanol–water partition coefficient (Wildman–Crippen LogP) is 2.73. The van der Waals surface area contributed by atoms with Crippen LogP contribution in [0.25, 0.3) is 0 Å². The van der Waals surface area contributed by atoms with Crippen LogP contribution in [-0.2, 0) is 14.3 Å². The fourth-order valence-corrected chi connectivity index (χ4v) is 2.21. The number of amides is 1. The molecule has 1 unspecified atom stereocenters. The van der Waals surface area contributed by atoms with Crippen molar-refractivity contribution in [3.63, 3.8) is 0 Å². The van der Waals surface area contributed by atoms with Crippen LogP contribution < -0.4 is 0 Å². The van der Waals surface area contributed by atoms with Crippen molar-refractivity contribution in [2.45, 2.75) is 65.0 Å². The molecular formula is C14H25NO4. The molecule has 0 saturated carbocycles. The summed E-state index contributed by atoms with van der Waals surface area (Å²) in [4.78, 5) is 25.1. The average molecular weight is 271 g/mol. The smallest absolute Gasteiger partial charge is 0.410 e. The Morgan fingerprint density at radius 1 is 1.32 bits per heavy atom. The van der Waals surface area contributed by atoms with E-state index in [1.54, 1.807) is 11.8 Å². The monoisotopic (exact) mass is 271 g/mol. The third-order valence-corrected chi connectivity index (χ3v) is 2.99. The predicted molar refractivity (Wildman–Crippen MR) is 71.8 cm³/mol. The summed E-state index contributed by atoms with van der Waals surface area (Å²) in [6.45, 7) is 8.47. The van der Waals surface area contributed by atoms with E-state index in [1.165, 1.54) is 0 Å². The van der Waals surface area contributed by atoms with E-state index in [0.717, 1.165) is 12.8 Å². The molecule has 1 amide bonds. The van der Waals surface area contributed by atoms with Gasteiger partial charge in [0.05, 0.1) is 6.61 Å². The van der Waals surface area contributed by atoms with Crippen LogP contribution in [-0.4, -0.2) is 41.8 Å². The van der Waals surface area contributed by atoms with Gasteiger partial charge in [-0.25, -0.2) is 4.79 Å². The van der Waals surface area contributed by atoms with Crippen LogP contribution in [0, 0.1) is 0 Å². The number of hydrogen-bond acceptors (Lipinski definition) is 4. The van der Waals surface area contributed by atoms with Crippen molar-refractivity contribution in [3.05, 3.63) is 0 Å². The second kappa shape index (κ2) is 6.78. The van der Waals surface area contributed by atoms with Crippen molar-refractivity contribution in [1.82, 2.24) is 4.90 Å². The van der Waals surface area contributed by atoms with Crippen molar-refractivity contribution in [3.8, 4) is 0 Å². The molecule has 0 aromatic carbocycles. The molecule has 1 atom stereocenters. The molecule has 1 rings (SSSR count). The molecule has 5 heteroatoms. The zero-order chi connectivity index (χ0) is 14.5. The summed E-state index contributed by atoms with van der Waals surface area (Å²) in [5.74, 6) is -0.196. The summed E-state index contributed by atoms with van der Waals surface area (Å²) in [6, 6.07) is 0.0965. The van der Waals surface area contributed by atoms with Crippen molar-refractivity contribution < 1.29 is 19.1 Å². The van der Waals surface area contributed by atoms with Gasteiger partial charge in [-0.1, -0.05) is 0 Å². The van der Waals surface area contributed by atoms with Gasteiger partial charge in [0.1, 0.15) is 5.60 Å². The van der Waals surface area contributed by atoms with E-state index in [2.05, 4.69) is 0 Å². The number of ether oxygens (including phenoxy) is 2. The van der Waals surface area contributed by atoms with Crippen LogP contribution in [0.4, 0.5) is 4.79 Å². The molecule has 0 radical (unpaired) electrons. The van der Waals surface area contributed by atoms with Crippen LogP contribution in [0.2, 0.25) is 0 Å². The van der Waals surface area contributed by atoms with Crippen molar-refractivity contribution in [2.75, 3.05) is 13.2 Å². The highest BCUT2D eigenvalue weighted by molar-refractivity contribution is 5.70. The molecule has 0 spiro atoms. The molecule has 0 aliphatic carbocycles. The molecule has 0 N–H and O–H groups in total. The quantitative estimate of drug-likeness (QED) is 0.738. The molecule has 0 aromatic rings. The molecular weight excluding hydrogens is 246 g/mol. The normalized spacial score (nSPS) is 19.4. The Hall–Kier alpha value is -1.26. The van der Waals surface area contributed by atoms with Crippen molar-refractivity contribution in [1.29, 1.82) is 0 Å². The Morgan fingerprint density at radius 3 is 2.58 bits per heavy atom. The van der Waals surface area contributed by atoms with Gasteiger partial charge in [0, 0.05) is 19.0 Å². The lowest BCUT2D eigenvalue weighted by atomic mass is 10.1. The van der Waals surface area contributed by atoms with E-state index in [4.69, 9.17) is 9.47 Å². The molecule has 19 heavy (non-hydrogen) atoms.